The van der Waals surface area contributed by atoms with Gasteiger partial charge < -0.3 is 9.84 Å². The first-order valence-corrected chi connectivity index (χ1v) is 8.13. The average molecular weight is 294 g/mol. The fourth-order valence-electron chi connectivity index (χ4n) is 1.85. The molecule has 0 aliphatic carbocycles. The van der Waals surface area contributed by atoms with Crippen LogP contribution in [0, 0.1) is 5.92 Å². The lowest BCUT2D eigenvalue weighted by molar-refractivity contribution is -0.141. The average Bonchev–Trinajstić information content (AvgIpc) is 2.33. The number of carboxylic acid groups (broad SMARTS) is 1. The Morgan fingerprint density at radius 1 is 1.42 bits per heavy atom. The van der Waals surface area contributed by atoms with Crippen LogP contribution in [0.25, 0.3) is 0 Å². The standard InChI is InChI=1S/C11H22N2O5S/c1-10(11(14)15)9-13(19(2,16)17)4-3-12-5-7-18-8-6-12/h10H,3-9H2,1-2H3,(H,14,15). The number of morpholine rings is 1. The smallest absolute Gasteiger partial charge is 0.307 e. The number of aliphatic carboxylic acids is 1. The van der Waals surface area contributed by atoms with E-state index in [0.29, 0.717) is 26.3 Å². The SMILES string of the molecule is CC(CN(CCN1CCOCC1)S(C)(=O)=O)C(=O)O. The Morgan fingerprint density at radius 2 is 2.00 bits per heavy atom. The largest absolute Gasteiger partial charge is 0.481 e. The summed E-state index contributed by atoms with van der Waals surface area (Å²) in [5.74, 6) is -1.69. The van der Waals surface area contributed by atoms with Gasteiger partial charge in [-0.3, -0.25) is 9.69 Å². The zero-order valence-electron chi connectivity index (χ0n) is 11.4. The molecular weight excluding hydrogens is 272 g/mol. The third-order valence-corrected chi connectivity index (χ3v) is 4.41. The van der Waals surface area contributed by atoms with Gasteiger partial charge in [0.05, 0.1) is 25.4 Å². The molecule has 0 radical (unpaired) electrons. The number of hydrogen-bond acceptors (Lipinski definition) is 5. The van der Waals surface area contributed by atoms with Crippen LogP contribution in [-0.4, -0.2) is 80.9 Å². The van der Waals surface area contributed by atoms with E-state index in [4.69, 9.17) is 9.84 Å². The van der Waals surface area contributed by atoms with Crippen molar-refractivity contribution in [2.24, 2.45) is 5.92 Å². The van der Waals surface area contributed by atoms with Crippen molar-refractivity contribution >= 4 is 16.0 Å². The Bertz CT molecular complexity index is 392. The molecule has 1 rings (SSSR count). The zero-order valence-corrected chi connectivity index (χ0v) is 12.2. The highest BCUT2D eigenvalue weighted by Gasteiger charge is 2.23. The highest BCUT2D eigenvalue weighted by molar-refractivity contribution is 7.88. The summed E-state index contributed by atoms with van der Waals surface area (Å²) in [6.45, 7) is 5.32. The topological polar surface area (TPSA) is 87.2 Å². The molecule has 1 saturated heterocycles. The Labute approximate surface area is 114 Å². The number of hydrogen-bond donors (Lipinski definition) is 1. The quantitative estimate of drug-likeness (QED) is 0.668. The highest BCUT2D eigenvalue weighted by atomic mass is 32.2. The summed E-state index contributed by atoms with van der Waals surface area (Å²) >= 11 is 0. The second-order valence-corrected chi connectivity index (χ2v) is 6.80. The molecule has 1 aliphatic rings. The number of carbonyl (C=O) groups is 1. The van der Waals surface area contributed by atoms with Gasteiger partial charge in [-0.25, -0.2) is 12.7 Å². The summed E-state index contributed by atoms with van der Waals surface area (Å²) < 4.78 is 29.8. The maximum atomic E-state index is 11.7. The molecule has 1 heterocycles. The van der Waals surface area contributed by atoms with Crippen LogP contribution in [0.2, 0.25) is 0 Å². The van der Waals surface area contributed by atoms with Gasteiger partial charge in [0.25, 0.3) is 0 Å². The molecule has 1 atom stereocenters. The predicted octanol–water partition coefficient (Wildman–Crippen LogP) is -0.699. The molecule has 0 spiro atoms. The van der Waals surface area contributed by atoms with E-state index in [1.807, 2.05) is 0 Å². The first-order valence-electron chi connectivity index (χ1n) is 6.28. The minimum Gasteiger partial charge on any atom is -0.481 e. The lowest BCUT2D eigenvalue weighted by Crippen LogP contribution is -2.44. The molecular formula is C11H22N2O5S. The molecule has 19 heavy (non-hydrogen) atoms. The summed E-state index contributed by atoms with van der Waals surface area (Å²) in [6, 6.07) is 0. The van der Waals surface area contributed by atoms with E-state index >= 15 is 0 Å². The number of carboxylic acids is 1. The van der Waals surface area contributed by atoms with Gasteiger partial charge in [-0.15, -0.1) is 0 Å². The first-order chi connectivity index (χ1) is 8.80. The van der Waals surface area contributed by atoms with Crippen LogP contribution in [0.5, 0.6) is 0 Å². The maximum absolute atomic E-state index is 11.7. The molecule has 1 fully saturated rings. The molecule has 1 aliphatic heterocycles. The van der Waals surface area contributed by atoms with E-state index in [1.165, 1.54) is 11.2 Å². The van der Waals surface area contributed by atoms with Crippen LogP contribution < -0.4 is 0 Å². The van der Waals surface area contributed by atoms with Crippen LogP contribution in [0.15, 0.2) is 0 Å². The van der Waals surface area contributed by atoms with E-state index < -0.39 is 21.9 Å². The van der Waals surface area contributed by atoms with Gasteiger partial charge in [-0.05, 0) is 0 Å². The Kier molecular flexibility index (Phi) is 6.18. The summed E-state index contributed by atoms with van der Waals surface area (Å²) in [7, 11) is -3.38. The third-order valence-electron chi connectivity index (χ3n) is 3.14. The van der Waals surface area contributed by atoms with Crippen molar-refractivity contribution < 1.29 is 23.1 Å². The summed E-state index contributed by atoms with van der Waals surface area (Å²) in [5, 5.41) is 8.87. The Morgan fingerprint density at radius 3 is 2.47 bits per heavy atom. The van der Waals surface area contributed by atoms with Gasteiger partial charge in [0.1, 0.15) is 0 Å². The lowest BCUT2D eigenvalue weighted by atomic mass is 10.2. The maximum Gasteiger partial charge on any atom is 0.307 e. The van der Waals surface area contributed by atoms with Crippen molar-refractivity contribution in [1.82, 2.24) is 9.21 Å². The monoisotopic (exact) mass is 294 g/mol. The molecule has 0 aromatic rings. The zero-order chi connectivity index (χ0) is 14.5. The van der Waals surface area contributed by atoms with Crippen molar-refractivity contribution in [3.05, 3.63) is 0 Å². The van der Waals surface area contributed by atoms with E-state index in [1.54, 1.807) is 0 Å². The molecule has 1 unspecified atom stereocenters. The fraction of sp³-hybridized carbons (Fsp3) is 0.909. The third kappa shape index (κ3) is 5.85. The predicted molar refractivity (Wildman–Crippen MR) is 70.5 cm³/mol. The van der Waals surface area contributed by atoms with Gasteiger partial charge in [-0.1, -0.05) is 6.92 Å². The van der Waals surface area contributed by atoms with Crippen LogP contribution in [0.1, 0.15) is 6.92 Å². The van der Waals surface area contributed by atoms with E-state index in [2.05, 4.69) is 4.90 Å². The minimum atomic E-state index is -3.38. The summed E-state index contributed by atoms with van der Waals surface area (Å²) in [4.78, 5) is 12.9. The first kappa shape index (κ1) is 16.4. The molecule has 0 saturated carbocycles. The van der Waals surface area contributed by atoms with Crippen LogP contribution >= 0.6 is 0 Å². The van der Waals surface area contributed by atoms with Crippen molar-refractivity contribution in [1.29, 1.82) is 0 Å². The van der Waals surface area contributed by atoms with Gasteiger partial charge >= 0.3 is 5.97 Å². The number of rotatable bonds is 7. The van der Waals surface area contributed by atoms with Gasteiger partial charge in [0.2, 0.25) is 10.0 Å². The molecule has 0 aromatic carbocycles. The van der Waals surface area contributed by atoms with E-state index in [0.717, 1.165) is 19.3 Å². The summed E-state index contributed by atoms with van der Waals surface area (Å²) in [6.07, 6.45) is 1.11. The Hall–Kier alpha value is -0.700. The normalized spacial score (nSPS) is 19.5. The van der Waals surface area contributed by atoms with Crippen molar-refractivity contribution in [2.75, 3.05) is 52.2 Å². The molecule has 0 amide bonds. The number of ether oxygens (including phenoxy) is 1. The van der Waals surface area contributed by atoms with E-state index in [-0.39, 0.29) is 6.54 Å². The second-order valence-electron chi connectivity index (χ2n) is 4.81. The number of nitrogens with zero attached hydrogens (tertiary/aromatic N) is 2. The molecule has 8 heteroatoms. The molecule has 7 nitrogen and oxygen atoms in total. The molecule has 0 bridgehead atoms. The van der Waals surface area contributed by atoms with Crippen LogP contribution in [0.4, 0.5) is 0 Å². The highest BCUT2D eigenvalue weighted by Crippen LogP contribution is 2.06. The van der Waals surface area contributed by atoms with Crippen molar-refractivity contribution in [3.8, 4) is 0 Å². The van der Waals surface area contributed by atoms with Crippen molar-refractivity contribution in [2.45, 2.75) is 6.92 Å². The van der Waals surface area contributed by atoms with Crippen LogP contribution in [0.3, 0.4) is 0 Å². The second kappa shape index (κ2) is 7.18. The molecule has 112 valence electrons. The molecule has 0 aromatic heterocycles. The number of sulfonamides is 1. The molecule has 1 N–H and O–H groups in total. The fourth-order valence-corrected chi connectivity index (χ4v) is 2.76. The van der Waals surface area contributed by atoms with Gasteiger partial charge in [0, 0.05) is 32.7 Å². The minimum absolute atomic E-state index is 0.0124. The van der Waals surface area contributed by atoms with Gasteiger partial charge in [-0.2, -0.15) is 0 Å². The van der Waals surface area contributed by atoms with Gasteiger partial charge in [0.15, 0.2) is 0 Å². The summed E-state index contributed by atoms with van der Waals surface area (Å²) in [5.41, 5.74) is 0. The Balaban J connectivity index is 2.52. The lowest BCUT2D eigenvalue weighted by Gasteiger charge is -2.29. The van der Waals surface area contributed by atoms with E-state index in [9.17, 15) is 13.2 Å². The van der Waals surface area contributed by atoms with Crippen molar-refractivity contribution in [3.63, 3.8) is 0 Å². The van der Waals surface area contributed by atoms with Crippen LogP contribution in [-0.2, 0) is 19.6 Å².